The Labute approximate surface area is 289 Å². The average Bonchev–Trinajstić information content (AvgIpc) is 3.07. The van der Waals surface area contributed by atoms with E-state index in [9.17, 15) is 0 Å². The standard InChI is InChI=1S/C46H80/c1-5-7-9-11-13-15-17-19-21-23-25-27-29-31-33-41(3)43-35-37-46-40-44(36-38-45(46)39-43)42(4)34-32-30-28-26-24-22-20-18-16-14-12-10-8-6-2/h35-42H,5-34H2,1-4H3. The van der Waals surface area contributed by atoms with Crippen LogP contribution in [0.3, 0.4) is 0 Å². The molecule has 46 heavy (non-hydrogen) atoms. The molecule has 0 amide bonds. The Bertz CT molecular complexity index is 863. The molecule has 0 fully saturated rings. The van der Waals surface area contributed by atoms with Crippen LogP contribution in [0.1, 0.15) is 243 Å². The molecule has 0 aliphatic heterocycles. The highest BCUT2D eigenvalue weighted by Crippen LogP contribution is 2.30. The molecule has 0 spiro atoms. The predicted octanol–water partition coefficient (Wildman–Crippen LogP) is 16.8. The van der Waals surface area contributed by atoms with E-state index < -0.39 is 0 Å². The van der Waals surface area contributed by atoms with Crippen LogP contribution in [0, 0.1) is 0 Å². The van der Waals surface area contributed by atoms with Gasteiger partial charge in [0.2, 0.25) is 0 Å². The molecule has 0 aliphatic carbocycles. The van der Waals surface area contributed by atoms with Crippen molar-refractivity contribution in [2.75, 3.05) is 0 Å². The van der Waals surface area contributed by atoms with Crippen LogP contribution in [0.15, 0.2) is 36.4 Å². The van der Waals surface area contributed by atoms with Crippen molar-refractivity contribution in [3.05, 3.63) is 47.5 Å². The maximum absolute atomic E-state index is 2.48. The van der Waals surface area contributed by atoms with Crippen LogP contribution in [0.4, 0.5) is 0 Å². The van der Waals surface area contributed by atoms with Crippen LogP contribution in [0.2, 0.25) is 0 Å². The topological polar surface area (TPSA) is 0 Å². The van der Waals surface area contributed by atoms with Crippen LogP contribution >= 0.6 is 0 Å². The fraction of sp³-hybridized carbons (Fsp3) is 0.783. The molecule has 0 bridgehead atoms. The van der Waals surface area contributed by atoms with Gasteiger partial charge in [-0.3, -0.25) is 0 Å². The van der Waals surface area contributed by atoms with Gasteiger partial charge in [-0.15, -0.1) is 0 Å². The summed E-state index contributed by atoms with van der Waals surface area (Å²) in [5.41, 5.74) is 3.07. The summed E-state index contributed by atoms with van der Waals surface area (Å²) in [6.07, 6.45) is 43.0. The van der Waals surface area contributed by atoms with Gasteiger partial charge in [0, 0.05) is 0 Å². The van der Waals surface area contributed by atoms with Crippen LogP contribution in [0.5, 0.6) is 0 Å². The molecule has 0 aromatic heterocycles. The van der Waals surface area contributed by atoms with E-state index in [1.165, 1.54) is 215 Å². The fourth-order valence-electron chi connectivity index (χ4n) is 7.52. The van der Waals surface area contributed by atoms with E-state index in [1.54, 1.807) is 0 Å². The first-order valence-electron chi connectivity index (χ1n) is 21.2. The second-order valence-electron chi connectivity index (χ2n) is 15.4. The minimum Gasteiger partial charge on any atom is -0.0654 e. The maximum atomic E-state index is 2.48. The summed E-state index contributed by atoms with van der Waals surface area (Å²) < 4.78 is 0. The van der Waals surface area contributed by atoms with Gasteiger partial charge < -0.3 is 0 Å². The molecule has 0 heteroatoms. The molecular formula is C46H80. The molecule has 2 atom stereocenters. The minimum absolute atomic E-state index is 0.667. The number of unbranched alkanes of at least 4 members (excludes halogenated alkanes) is 26. The summed E-state index contributed by atoms with van der Waals surface area (Å²) >= 11 is 0. The zero-order valence-corrected chi connectivity index (χ0v) is 31.8. The molecule has 0 nitrogen and oxygen atoms in total. The number of benzene rings is 2. The van der Waals surface area contributed by atoms with Gasteiger partial charge in [0.15, 0.2) is 0 Å². The Hall–Kier alpha value is -1.30. The Balaban J connectivity index is 1.50. The van der Waals surface area contributed by atoms with Gasteiger partial charge in [0.1, 0.15) is 0 Å². The van der Waals surface area contributed by atoms with Crippen LogP contribution in [0.25, 0.3) is 10.8 Å². The van der Waals surface area contributed by atoms with E-state index in [0.717, 1.165) is 0 Å². The van der Waals surface area contributed by atoms with Gasteiger partial charge in [-0.05, 0) is 46.6 Å². The zero-order valence-electron chi connectivity index (χ0n) is 31.8. The van der Waals surface area contributed by atoms with E-state index >= 15 is 0 Å². The fourth-order valence-corrected chi connectivity index (χ4v) is 7.52. The van der Waals surface area contributed by atoms with Crippen molar-refractivity contribution in [3.8, 4) is 0 Å². The van der Waals surface area contributed by atoms with E-state index in [-0.39, 0.29) is 0 Å². The first-order chi connectivity index (χ1) is 22.7. The van der Waals surface area contributed by atoms with Crippen molar-refractivity contribution < 1.29 is 0 Å². The lowest BCUT2D eigenvalue weighted by Gasteiger charge is -2.15. The van der Waals surface area contributed by atoms with E-state index in [0.29, 0.717) is 11.8 Å². The summed E-state index contributed by atoms with van der Waals surface area (Å²) in [6, 6.07) is 14.6. The third-order valence-corrected chi connectivity index (χ3v) is 11.0. The van der Waals surface area contributed by atoms with Gasteiger partial charge in [0.05, 0.1) is 0 Å². The largest absolute Gasteiger partial charge is 0.0654 e. The summed E-state index contributed by atoms with van der Waals surface area (Å²) in [4.78, 5) is 0. The Morgan fingerprint density at radius 1 is 0.326 bits per heavy atom. The number of hydrogen-bond acceptors (Lipinski definition) is 0. The third-order valence-electron chi connectivity index (χ3n) is 11.0. The average molecular weight is 633 g/mol. The van der Waals surface area contributed by atoms with Crippen molar-refractivity contribution in [2.45, 2.75) is 232 Å². The number of fused-ring (bicyclic) bond motifs is 1. The molecular weight excluding hydrogens is 553 g/mol. The van der Waals surface area contributed by atoms with Crippen molar-refractivity contribution in [1.82, 2.24) is 0 Å². The highest BCUT2D eigenvalue weighted by molar-refractivity contribution is 5.84. The monoisotopic (exact) mass is 633 g/mol. The van der Waals surface area contributed by atoms with Gasteiger partial charge in [0.25, 0.3) is 0 Å². The Morgan fingerprint density at radius 2 is 0.565 bits per heavy atom. The maximum Gasteiger partial charge on any atom is -0.0181 e. The number of hydrogen-bond donors (Lipinski definition) is 0. The van der Waals surface area contributed by atoms with Crippen LogP contribution in [-0.2, 0) is 0 Å². The van der Waals surface area contributed by atoms with Crippen molar-refractivity contribution in [1.29, 1.82) is 0 Å². The molecule has 264 valence electrons. The SMILES string of the molecule is CCCCCCCCCCCCCCCCC(C)c1ccc2cc(C(C)CCCCCCCCCCCCCCCC)ccc2c1. The van der Waals surface area contributed by atoms with Crippen molar-refractivity contribution in [3.63, 3.8) is 0 Å². The highest BCUT2D eigenvalue weighted by Gasteiger charge is 2.10. The van der Waals surface area contributed by atoms with Crippen molar-refractivity contribution in [2.24, 2.45) is 0 Å². The molecule has 2 aromatic rings. The lowest BCUT2D eigenvalue weighted by molar-refractivity contribution is 0.524. The lowest BCUT2D eigenvalue weighted by atomic mass is 9.90. The summed E-state index contributed by atoms with van der Waals surface area (Å²) in [7, 11) is 0. The Morgan fingerprint density at radius 3 is 0.826 bits per heavy atom. The molecule has 0 saturated heterocycles. The minimum atomic E-state index is 0.667. The van der Waals surface area contributed by atoms with E-state index in [2.05, 4.69) is 64.1 Å². The lowest BCUT2D eigenvalue weighted by Crippen LogP contribution is -1.96. The normalized spacial score (nSPS) is 13.0. The van der Waals surface area contributed by atoms with Gasteiger partial charge >= 0.3 is 0 Å². The molecule has 2 unspecified atom stereocenters. The van der Waals surface area contributed by atoms with Crippen molar-refractivity contribution >= 4 is 10.8 Å². The molecule has 0 aliphatic rings. The smallest absolute Gasteiger partial charge is 0.0181 e. The molecule has 0 heterocycles. The quantitative estimate of drug-likeness (QED) is 0.0704. The molecule has 0 saturated carbocycles. The first kappa shape index (κ1) is 40.9. The van der Waals surface area contributed by atoms with Gasteiger partial charge in [-0.25, -0.2) is 0 Å². The molecule has 2 rings (SSSR count). The second kappa shape index (κ2) is 28.7. The predicted molar refractivity (Wildman–Crippen MR) is 211 cm³/mol. The third kappa shape index (κ3) is 20.2. The molecule has 2 aromatic carbocycles. The van der Waals surface area contributed by atoms with Crippen LogP contribution in [-0.4, -0.2) is 0 Å². The van der Waals surface area contributed by atoms with Gasteiger partial charge in [-0.1, -0.05) is 244 Å². The summed E-state index contributed by atoms with van der Waals surface area (Å²) in [5.74, 6) is 1.33. The summed E-state index contributed by atoms with van der Waals surface area (Å²) in [6.45, 7) is 9.49. The highest BCUT2D eigenvalue weighted by atomic mass is 14.1. The first-order valence-corrected chi connectivity index (χ1v) is 21.2. The Kier molecular flexibility index (Phi) is 25.5. The van der Waals surface area contributed by atoms with E-state index in [4.69, 9.17) is 0 Å². The van der Waals surface area contributed by atoms with Crippen LogP contribution < -0.4 is 0 Å². The zero-order chi connectivity index (χ0) is 32.9. The molecule has 0 radical (unpaired) electrons. The number of rotatable bonds is 32. The van der Waals surface area contributed by atoms with E-state index in [1.807, 2.05) is 0 Å². The van der Waals surface area contributed by atoms with Gasteiger partial charge in [-0.2, -0.15) is 0 Å². The molecule has 0 N–H and O–H groups in total. The second-order valence-corrected chi connectivity index (χ2v) is 15.4. The summed E-state index contributed by atoms with van der Waals surface area (Å²) in [5, 5.41) is 2.86.